The van der Waals surface area contributed by atoms with Gasteiger partial charge in [-0.25, -0.2) is 0 Å². The lowest BCUT2D eigenvalue weighted by atomic mass is 9.78. The van der Waals surface area contributed by atoms with Gasteiger partial charge in [-0.2, -0.15) is 0 Å². The third kappa shape index (κ3) is 6.40. The summed E-state index contributed by atoms with van der Waals surface area (Å²) in [4.78, 5) is 23.1. The van der Waals surface area contributed by atoms with Gasteiger partial charge in [0.1, 0.15) is 0 Å². The predicted molar refractivity (Wildman–Crippen MR) is 77.3 cm³/mol. The van der Waals surface area contributed by atoms with E-state index in [9.17, 15) is 9.59 Å². The van der Waals surface area contributed by atoms with E-state index in [4.69, 9.17) is 9.84 Å². The van der Waals surface area contributed by atoms with Crippen molar-refractivity contribution in [3.8, 4) is 0 Å². The lowest BCUT2D eigenvalue weighted by Crippen LogP contribution is -2.30. The quantitative estimate of drug-likeness (QED) is 0.546. The van der Waals surface area contributed by atoms with Crippen molar-refractivity contribution >= 4 is 11.9 Å². The van der Waals surface area contributed by atoms with Gasteiger partial charge in [-0.1, -0.05) is 33.1 Å². The molecule has 0 saturated heterocycles. The van der Waals surface area contributed by atoms with Crippen LogP contribution in [0.15, 0.2) is 0 Å². The van der Waals surface area contributed by atoms with Crippen molar-refractivity contribution in [2.75, 3.05) is 6.61 Å². The molecule has 1 aliphatic carbocycles. The van der Waals surface area contributed by atoms with Gasteiger partial charge >= 0.3 is 11.9 Å². The number of rotatable bonds is 8. The number of carboxylic acid groups (broad SMARTS) is 1. The van der Waals surface area contributed by atoms with Crippen LogP contribution in [0.1, 0.15) is 65.2 Å². The second kappa shape index (κ2) is 8.98. The lowest BCUT2D eigenvalue weighted by molar-refractivity contribution is -0.156. The fourth-order valence-electron chi connectivity index (χ4n) is 2.94. The molecule has 1 saturated carbocycles. The molecule has 0 bridgehead atoms. The highest BCUT2D eigenvalue weighted by molar-refractivity contribution is 5.79. The second-order valence-corrected chi connectivity index (χ2v) is 6.31. The average Bonchev–Trinajstić information content (AvgIpc) is 2.41. The summed E-state index contributed by atoms with van der Waals surface area (Å²) in [5.41, 5.74) is 0. The first kappa shape index (κ1) is 17.0. The van der Waals surface area contributed by atoms with Gasteiger partial charge in [0.2, 0.25) is 0 Å². The molecule has 1 N–H and O–H groups in total. The SMILES string of the molecule is CC(C)CCCOC(=O)C(CC(=O)O)C1CCCCC1. The molecule has 116 valence electrons. The van der Waals surface area contributed by atoms with E-state index in [1.165, 1.54) is 6.42 Å². The summed E-state index contributed by atoms with van der Waals surface area (Å²) >= 11 is 0. The van der Waals surface area contributed by atoms with Gasteiger partial charge in [0, 0.05) is 0 Å². The van der Waals surface area contributed by atoms with Crippen LogP contribution in [-0.4, -0.2) is 23.7 Å². The first-order valence-electron chi connectivity index (χ1n) is 7.89. The highest BCUT2D eigenvalue weighted by Gasteiger charge is 2.32. The number of carboxylic acids is 1. The first-order valence-corrected chi connectivity index (χ1v) is 7.89. The summed E-state index contributed by atoms with van der Waals surface area (Å²) in [5.74, 6) is -0.867. The molecular weight excluding hydrogens is 256 g/mol. The Bertz CT molecular complexity index is 306. The summed E-state index contributed by atoms with van der Waals surface area (Å²) in [6.45, 7) is 4.69. The number of aliphatic carboxylic acids is 1. The van der Waals surface area contributed by atoms with Crippen molar-refractivity contribution < 1.29 is 19.4 Å². The van der Waals surface area contributed by atoms with Gasteiger partial charge in [0.25, 0.3) is 0 Å². The molecule has 1 unspecified atom stereocenters. The highest BCUT2D eigenvalue weighted by Crippen LogP contribution is 2.32. The number of carbonyl (C=O) groups excluding carboxylic acids is 1. The van der Waals surface area contributed by atoms with E-state index < -0.39 is 11.9 Å². The van der Waals surface area contributed by atoms with Crippen molar-refractivity contribution in [1.29, 1.82) is 0 Å². The molecule has 0 aliphatic heterocycles. The molecule has 0 aromatic rings. The number of ether oxygens (including phenoxy) is 1. The largest absolute Gasteiger partial charge is 0.481 e. The average molecular weight is 284 g/mol. The van der Waals surface area contributed by atoms with E-state index in [1.807, 2.05) is 0 Å². The number of carbonyl (C=O) groups is 2. The first-order chi connectivity index (χ1) is 9.50. The number of esters is 1. The molecule has 20 heavy (non-hydrogen) atoms. The summed E-state index contributed by atoms with van der Waals surface area (Å²) in [7, 11) is 0. The van der Waals surface area contributed by atoms with E-state index >= 15 is 0 Å². The van der Waals surface area contributed by atoms with Crippen LogP contribution in [0.5, 0.6) is 0 Å². The Labute approximate surface area is 121 Å². The molecule has 0 heterocycles. The lowest BCUT2D eigenvalue weighted by Gasteiger charge is -2.27. The van der Waals surface area contributed by atoms with Gasteiger partial charge < -0.3 is 9.84 Å². The summed E-state index contributed by atoms with van der Waals surface area (Å²) < 4.78 is 5.31. The normalized spacial score (nSPS) is 17.9. The molecule has 4 heteroatoms. The van der Waals surface area contributed by atoms with Crippen molar-refractivity contribution in [1.82, 2.24) is 0 Å². The van der Waals surface area contributed by atoms with Gasteiger partial charge in [0.05, 0.1) is 18.9 Å². The van der Waals surface area contributed by atoms with Crippen molar-refractivity contribution in [3.63, 3.8) is 0 Å². The molecule has 1 atom stereocenters. The van der Waals surface area contributed by atoms with Crippen LogP contribution >= 0.6 is 0 Å². The Morgan fingerprint density at radius 3 is 2.40 bits per heavy atom. The molecule has 0 aromatic carbocycles. The molecule has 0 aromatic heterocycles. The second-order valence-electron chi connectivity index (χ2n) is 6.31. The zero-order valence-electron chi connectivity index (χ0n) is 12.8. The minimum Gasteiger partial charge on any atom is -0.481 e. The van der Waals surface area contributed by atoms with Crippen LogP contribution < -0.4 is 0 Å². The van der Waals surface area contributed by atoms with Crippen LogP contribution in [-0.2, 0) is 14.3 Å². The molecule has 4 nitrogen and oxygen atoms in total. The van der Waals surface area contributed by atoms with Crippen LogP contribution in [0.4, 0.5) is 0 Å². The maximum Gasteiger partial charge on any atom is 0.309 e. The molecule has 1 aliphatic rings. The zero-order valence-corrected chi connectivity index (χ0v) is 12.8. The molecule has 1 rings (SSSR count). The Morgan fingerprint density at radius 1 is 1.20 bits per heavy atom. The van der Waals surface area contributed by atoms with E-state index in [2.05, 4.69) is 13.8 Å². The fourth-order valence-corrected chi connectivity index (χ4v) is 2.94. The highest BCUT2D eigenvalue weighted by atomic mass is 16.5. The summed E-state index contributed by atoms with van der Waals surface area (Å²) in [6, 6.07) is 0. The van der Waals surface area contributed by atoms with Crippen LogP contribution in [0.2, 0.25) is 0 Å². The molecular formula is C16H28O4. The van der Waals surface area contributed by atoms with Crippen molar-refractivity contribution in [3.05, 3.63) is 0 Å². The monoisotopic (exact) mass is 284 g/mol. The third-order valence-corrected chi connectivity index (χ3v) is 4.09. The minimum absolute atomic E-state index is 0.0896. The molecule has 0 radical (unpaired) electrons. The van der Waals surface area contributed by atoms with Crippen LogP contribution in [0.25, 0.3) is 0 Å². The molecule has 1 fully saturated rings. The Balaban J connectivity index is 2.44. The van der Waals surface area contributed by atoms with Crippen molar-refractivity contribution in [2.45, 2.75) is 65.2 Å². The topological polar surface area (TPSA) is 63.6 Å². The van der Waals surface area contributed by atoms with E-state index in [0.29, 0.717) is 12.5 Å². The third-order valence-electron chi connectivity index (χ3n) is 4.09. The summed E-state index contributed by atoms with van der Waals surface area (Å²) in [5, 5.41) is 9.00. The van der Waals surface area contributed by atoms with Crippen molar-refractivity contribution in [2.24, 2.45) is 17.8 Å². The minimum atomic E-state index is -0.903. The predicted octanol–water partition coefficient (Wildman–Crippen LogP) is 3.64. The maximum absolute atomic E-state index is 12.1. The summed E-state index contributed by atoms with van der Waals surface area (Å²) in [6.07, 6.45) is 7.10. The van der Waals surface area contributed by atoms with Gasteiger partial charge in [-0.3, -0.25) is 9.59 Å². The smallest absolute Gasteiger partial charge is 0.309 e. The Kier molecular flexibility index (Phi) is 7.63. The number of hydrogen-bond acceptors (Lipinski definition) is 3. The molecule has 0 spiro atoms. The van der Waals surface area contributed by atoms with E-state index in [1.54, 1.807) is 0 Å². The van der Waals surface area contributed by atoms with E-state index in [0.717, 1.165) is 38.5 Å². The standard InChI is InChI=1S/C16H28O4/c1-12(2)7-6-10-20-16(19)14(11-15(17)18)13-8-4-3-5-9-13/h12-14H,3-11H2,1-2H3,(H,17,18). The van der Waals surface area contributed by atoms with Gasteiger partial charge in [0.15, 0.2) is 0 Å². The van der Waals surface area contributed by atoms with E-state index in [-0.39, 0.29) is 18.3 Å². The molecule has 0 amide bonds. The fraction of sp³-hybridized carbons (Fsp3) is 0.875. The van der Waals surface area contributed by atoms with Crippen LogP contribution in [0.3, 0.4) is 0 Å². The van der Waals surface area contributed by atoms with Crippen LogP contribution in [0, 0.1) is 17.8 Å². The maximum atomic E-state index is 12.1. The zero-order chi connectivity index (χ0) is 15.0. The Hall–Kier alpha value is -1.06. The Morgan fingerprint density at radius 2 is 1.85 bits per heavy atom. The van der Waals surface area contributed by atoms with Gasteiger partial charge in [-0.05, 0) is 37.5 Å². The number of hydrogen-bond donors (Lipinski definition) is 1. The van der Waals surface area contributed by atoms with Gasteiger partial charge in [-0.15, -0.1) is 0 Å².